The van der Waals surface area contributed by atoms with Crippen molar-refractivity contribution in [1.82, 2.24) is 10.2 Å². The molecule has 0 radical (unpaired) electrons. The van der Waals surface area contributed by atoms with E-state index in [-0.39, 0.29) is 17.1 Å². The van der Waals surface area contributed by atoms with Crippen molar-refractivity contribution in [2.75, 3.05) is 26.2 Å². The molecule has 1 N–H and O–H groups in total. The first-order valence-electron chi connectivity index (χ1n) is 12.1. The topological polar surface area (TPSA) is 32.3 Å². The first-order chi connectivity index (χ1) is 15.9. The second-order valence-electron chi connectivity index (χ2n) is 10.4. The second-order valence-corrected chi connectivity index (χ2v) is 10.4. The Morgan fingerprint density at radius 1 is 0.970 bits per heavy atom. The number of benzene rings is 3. The fourth-order valence-corrected chi connectivity index (χ4v) is 6.18. The molecule has 0 bridgehead atoms. The Morgan fingerprint density at radius 3 is 2.42 bits per heavy atom. The molecular weight excluding hydrogens is 411 g/mol. The molecule has 2 heterocycles. The molecule has 1 atom stereocenters. The number of halogens is 1. The molecule has 0 unspecified atom stereocenters. The molecule has 1 spiro atoms. The zero-order valence-corrected chi connectivity index (χ0v) is 19.6. The van der Waals surface area contributed by atoms with E-state index in [1.807, 2.05) is 24.3 Å². The lowest BCUT2D eigenvalue weighted by Crippen LogP contribution is -2.53. The van der Waals surface area contributed by atoms with Crippen LogP contribution in [0.5, 0.6) is 0 Å². The Morgan fingerprint density at radius 2 is 1.67 bits per heavy atom. The number of hydrogen-bond acceptors (Lipinski definition) is 2. The maximum absolute atomic E-state index is 13.8. The summed E-state index contributed by atoms with van der Waals surface area (Å²) < 4.78 is 13.5. The van der Waals surface area contributed by atoms with Gasteiger partial charge in [0.15, 0.2) is 0 Å². The molecule has 2 aliphatic rings. The zero-order valence-electron chi connectivity index (χ0n) is 19.6. The van der Waals surface area contributed by atoms with Crippen LogP contribution in [0.25, 0.3) is 10.8 Å². The Hall–Kier alpha value is -2.72. The fourth-order valence-electron chi connectivity index (χ4n) is 6.18. The molecule has 3 nitrogen and oxygen atoms in total. The number of carbonyl (C=O) groups is 1. The highest BCUT2D eigenvalue weighted by Gasteiger charge is 2.46. The standard InChI is InChI=1S/C29H33FN2O/c1-28(2,25-9-5-7-21-6-3-4-8-24(21)25)27(33)32-18-15-29(16-19-32)14-17-31-20-26(29)22-10-12-23(30)13-11-22/h3-13,26,31H,14-20H2,1-2H3/t26-/m0/s1. The first-order valence-corrected chi connectivity index (χ1v) is 12.1. The highest BCUT2D eigenvalue weighted by Crippen LogP contribution is 2.49. The van der Waals surface area contributed by atoms with Crippen LogP contribution in [-0.2, 0) is 10.2 Å². The van der Waals surface area contributed by atoms with Gasteiger partial charge < -0.3 is 10.2 Å². The lowest BCUT2D eigenvalue weighted by molar-refractivity contribution is -0.139. The molecule has 2 aliphatic heterocycles. The number of nitrogens with zero attached hydrogens (tertiary/aromatic N) is 1. The summed E-state index contributed by atoms with van der Waals surface area (Å²) in [7, 11) is 0. The number of hydrogen-bond donors (Lipinski definition) is 1. The summed E-state index contributed by atoms with van der Waals surface area (Å²) in [5.74, 6) is 0.379. The minimum Gasteiger partial charge on any atom is -0.342 e. The summed E-state index contributed by atoms with van der Waals surface area (Å²) in [4.78, 5) is 15.9. The largest absolute Gasteiger partial charge is 0.342 e. The van der Waals surface area contributed by atoms with Crippen molar-refractivity contribution in [2.24, 2.45) is 5.41 Å². The quantitative estimate of drug-likeness (QED) is 0.567. The van der Waals surface area contributed by atoms with Crippen LogP contribution in [0.1, 0.15) is 50.2 Å². The van der Waals surface area contributed by atoms with E-state index in [0.29, 0.717) is 5.92 Å². The molecule has 3 aromatic rings. The normalized spacial score (nSPS) is 20.8. The van der Waals surface area contributed by atoms with Gasteiger partial charge in [0.1, 0.15) is 5.82 Å². The van der Waals surface area contributed by atoms with Crippen molar-refractivity contribution in [3.63, 3.8) is 0 Å². The maximum Gasteiger partial charge on any atom is 0.232 e. The zero-order chi connectivity index (χ0) is 23.1. The van der Waals surface area contributed by atoms with E-state index in [1.165, 1.54) is 10.9 Å². The molecule has 2 fully saturated rings. The van der Waals surface area contributed by atoms with Crippen LogP contribution in [0.15, 0.2) is 66.7 Å². The highest BCUT2D eigenvalue weighted by atomic mass is 19.1. The van der Waals surface area contributed by atoms with Gasteiger partial charge in [0, 0.05) is 25.6 Å². The van der Waals surface area contributed by atoms with Crippen molar-refractivity contribution in [3.05, 3.63) is 83.7 Å². The summed E-state index contributed by atoms with van der Waals surface area (Å²) in [6, 6.07) is 21.6. The number of fused-ring (bicyclic) bond motifs is 1. The van der Waals surface area contributed by atoms with Gasteiger partial charge >= 0.3 is 0 Å². The minimum atomic E-state index is -0.587. The monoisotopic (exact) mass is 444 g/mol. The Bertz CT molecular complexity index is 1140. The predicted molar refractivity (Wildman–Crippen MR) is 132 cm³/mol. The number of rotatable bonds is 3. The van der Waals surface area contributed by atoms with Gasteiger partial charge in [0.05, 0.1) is 5.41 Å². The molecule has 0 aromatic heterocycles. The van der Waals surface area contributed by atoms with E-state index in [0.717, 1.165) is 56.4 Å². The Kier molecular flexibility index (Phi) is 5.74. The van der Waals surface area contributed by atoms with Gasteiger partial charge in [0.2, 0.25) is 5.91 Å². The van der Waals surface area contributed by atoms with Gasteiger partial charge in [-0.25, -0.2) is 4.39 Å². The van der Waals surface area contributed by atoms with Gasteiger partial charge in [-0.1, -0.05) is 54.6 Å². The molecule has 3 aromatic carbocycles. The summed E-state index contributed by atoms with van der Waals surface area (Å²) in [6.45, 7) is 7.62. The van der Waals surface area contributed by atoms with Crippen LogP contribution in [0, 0.1) is 11.2 Å². The molecule has 4 heteroatoms. The van der Waals surface area contributed by atoms with E-state index in [2.05, 4.69) is 54.4 Å². The van der Waals surface area contributed by atoms with Crippen LogP contribution in [0.4, 0.5) is 4.39 Å². The number of likely N-dealkylation sites (tertiary alicyclic amines) is 1. The number of carbonyl (C=O) groups excluding carboxylic acids is 1. The lowest BCUT2D eigenvalue weighted by atomic mass is 9.62. The SMILES string of the molecule is CC(C)(C(=O)N1CCC2(CCNC[C@H]2c2ccc(F)cc2)CC1)c1cccc2ccccc12. The molecule has 0 aliphatic carbocycles. The summed E-state index contributed by atoms with van der Waals surface area (Å²) in [5, 5.41) is 5.87. The number of nitrogens with one attached hydrogen (secondary N) is 1. The smallest absolute Gasteiger partial charge is 0.232 e. The van der Waals surface area contributed by atoms with Crippen LogP contribution in [0.3, 0.4) is 0 Å². The molecule has 172 valence electrons. The van der Waals surface area contributed by atoms with Crippen molar-refractivity contribution in [1.29, 1.82) is 0 Å². The lowest BCUT2D eigenvalue weighted by Gasteiger charge is -2.50. The van der Waals surface area contributed by atoms with Crippen LogP contribution in [0.2, 0.25) is 0 Å². The van der Waals surface area contributed by atoms with Crippen molar-refractivity contribution in [3.8, 4) is 0 Å². The molecule has 1 amide bonds. The predicted octanol–water partition coefficient (Wildman–Crippen LogP) is 5.64. The number of amides is 1. The molecule has 2 saturated heterocycles. The van der Waals surface area contributed by atoms with Gasteiger partial charge in [0.25, 0.3) is 0 Å². The third-order valence-electron chi connectivity index (χ3n) is 8.20. The average Bonchev–Trinajstić information content (AvgIpc) is 2.85. The summed E-state index contributed by atoms with van der Waals surface area (Å²) in [6.07, 6.45) is 3.09. The van der Waals surface area contributed by atoms with Gasteiger partial charge in [-0.15, -0.1) is 0 Å². The third kappa shape index (κ3) is 3.95. The molecule has 5 rings (SSSR count). The van der Waals surface area contributed by atoms with Crippen LogP contribution in [-0.4, -0.2) is 37.0 Å². The highest BCUT2D eigenvalue weighted by molar-refractivity contribution is 5.95. The molecular formula is C29H33FN2O. The maximum atomic E-state index is 13.8. The van der Waals surface area contributed by atoms with E-state index in [4.69, 9.17) is 0 Å². The third-order valence-corrected chi connectivity index (χ3v) is 8.20. The van der Waals surface area contributed by atoms with Crippen molar-refractivity contribution >= 4 is 16.7 Å². The molecule has 33 heavy (non-hydrogen) atoms. The van der Waals surface area contributed by atoms with E-state index in [1.54, 1.807) is 12.1 Å². The van der Waals surface area contributed by atoms with Gasteiger partial charge in [-0.3, -0.25) is 4.79 Å². The van der Waals surface area contributed by atoms with E-state index in [9.17, 15) is 9.18 Å². The van der Waals surface area contributed by atoms with E-state index >= 15 is 0 Å². The molecule has 0 saturated carbocycles. The van der Waals surface area contributed by atoms with E-state index < -0.39 is 5.41 Å². The van der Waals surface area contributed by atoms with Crippen molar-refractivity contribution in [2.45, 2.75) is 44.4 Å². The van der Waals surface area contributed by atoms with Crippen LogP contribution < -0.4 is 5.32 Å². The fraction of sp³-hybridized carbons (Fsp3) is 0.414. The minimum absolute atomic E-state index is 0.170. The average molecular weight is 445 g/mol. The first kappa shape index (κ1) is 22.1. The number of piperidine rings is 2. The Labute approximate surface area is 196 Å². The van der Waals surface area contributed by atoms with Crippen molar-refractivity contribution < 1.29 is 9.18 Å². The summed E-state index contributed by atoms with van der Waals surface area (Å²) >= 11 is 0. The van der Waals surface area contributed by atoms with Crippen LogP contribution >= 0.6 is 0 Å². The van der Waals surface area contributed by atoms with Gasteiger partial charge in [-0.05, 0) is 79.1 Å². The summed E-state index contributed by atoms with van der Waals surface area (Å²) in [5.41, 5.74) is 1.88. The van der Waals surface area contributed by atoms with Gasteiger partial charge in [-0.2, -0.15) is 0 Å². The Balaban J connectivity index is 1.36. The second kappa shape index (κ2) is 8.57.